The van der Waals surface area contributed by atoms with Gasteiger partial charge in [-0.3, -0.25) is 5.01 Å². The topological polar surface area (TPSA) is 68.1 Å². The minimum atomic E-state index is -1.25. The minimum Gasteiger partial charge on any atom is -0.545 e. The summed E-state index contributed by atoms with van der Waals surface area (Å²) in [6.07, 6.45) is 0. The summed E-state index contributed by atoms with van der Waals surface area (Å²) in [4.78, 5) is 10.6. The maximum absolute atomic E-state index is 10.6. The first-order valence-corrected chi connectivity index (χ1v) is 4.00. The van der Waals surface area contributed by atoms with E-state index in [0.717, 1.165) is 0 Å². The second kappa shape index (κ2) is 7.07. The smallest absolute Gasteiger partial charge is 0.545 e. The Bertz CT molecular complexity index is 366. The second-order valence-electron chi connectivity index (χ2n) is 2.84. The minimum absolute atomic E-state index is 0. The fourth-order valence-corrected chi connectivity index (χ4v) is 0.871. The standard InChI is InChI=1S/C9H11N3O2.K/c1-12(2)11-10-8-6-4-3-5-7(8)9(13)14;/h3-6H,1-2H3,(H,13,14);/q;+1/p-1. The Kier molecular flexibility index (Phi) is 6.95. The van der Waals surface area contributed by atoms with Crippen LogP contribution in [-0.4, -0.2) is 25.1 Å². The first kappa shape index (κ1) is 14.7. The number of nitrogens with zero attached hydrogens (tertiary/aromatic N) is 3. The fourth-order valence-electron chi connectivity index (χ4n) is 0.871. The van der Waals surface area contributed by atoms with E-state index < -0.39 is 5.97 Å². The van der Waals surface area contributed by atoms with Crippen molar-refractivity contribution in [3.05, 3.63) is 29.8 Å². The first-order valence-electron chi connectivity index (χ1n) is 4.00. The number of rotatable bonds is 3. The van der Waals surface area contributed by atoms with Gasteiger partial charge in [-0.05, 0) is 6.07 Å². The van der Waals surface area contributed by atoms with Gasteiger partial charge in [0.25, 0.3) is 0 Å². The Morgan fingerprint density at radius 2 is 1.93 bits per heavy atom. The van der Waals surface area contributed by atoms with Crippen LogP contribution in [0, 0.1) is 0 Å². The molecular weight excluding hydrogens is 221 g/mol. The van der Waals surface area contributed by atoms with Crippen LogP contribution in [-0.2, 0) is 0 Å². The molecule has 0 aliphatic carbocycles. The van der Waals surface area contributed by atoms with Crippen LogP contribution < -0.4 is 56.5 Å². The zero-order valence-electron chi connectivity index (χ0n) is 8.97. The molecule has 0 atom stereocenters. The zero-order chi connectivity index (χ0) is 10.6. The Hall–Kier alpha value is -0.274. The molecule has 15 heavy (non-hydrogen) atoms. The number of carboxylic acids is 1. The van der Waals surface area contributed by atoms with Gasteiger partial charge in [-0.15, -0.1) is 5.11 Å². The van der Waals surface area contributed by atoms with Gasteiger partial charge in [0.15, 0.2) is 0 Å². The molecule has 0 spiro atoms. The van der Waals surface area contributed by atoms with Crippen molar-refractivity contribution in [3.8, 4) is 0 Å². The van der Waals surface area contributed by atoms with Crippen molar-refractivity contribution in [1.29, 1.82) is 0 Å². The van der Waals surface area contributed by atoms with E-state index in [1.807, 2.05) is 0 Å². The quantitative estimate of drug-likeness (QED) is 0.331. The van der Waals surface area contributed by atoms with E-state index in [4.69, 9.17) is 0 Å². The number of hydrogen-bond acceptors (Lipinski definition) is 4. The fraction of sp³-hybridized carbons (Fsp3) is 0.222. The van der Waals surface area contributed by atoms with Crippen molar-refractivity contribution in [2.45, 2.75) is 0 Å². The van der Waals surface area contributed by atoms with E-state index in [9.17, 15) is 9.90 Å². The molecule has 0 aliphatic heterocycles. The molecule has 0 radical (unpaired) electrons. The number of carboxylic acid groups (broad SMARTS) is 1. The molecule has 1 aromatic rings. The number of benzene rings is 1. The van der Waals surface area contributed by atoms with Crippen molar-refractivity contribution in [2.75, 3.05) is 14.1 Å². The molecule has 0 heterocycles. The molecule has 1 aromatic carbocycles. The van der Waals surface area contributed by atoms with E-state index in [0.29, 0.717) is 5.69 Å². The largest absolute Gasteiger partial charge is 1.00 e. The van der Waals surface area contributed by atoms with E-state index >= 15 is 0 Å². The molecule has 0 unspecified atom stereocenters. The predicted octanol–water partition coefficient (Wildman–Crippen LogP) is -2.39. The molecule has 0 aromatic heterocycles. The van der Waals surface area contributed by atoms with Crippen LogP contribution in [0.2, 0.25) is 0 Å². The third kappa shape index (κ3) is 4.85. The molecule has 5 nitrogen and oxygen atoms in total. The molecular formula is C9H10KN3O2. The van der Waals surface area contributed by atoms with Crippen LogP contribution in [0.5, 0.6) is 0 Å². The summed E-state index contributed by atoms with van der Waals surface area (Å²) < 4.78 is 0. The molecule has 0 aliphatic rings. The molecule has 1 rings (SSSR count). The van der Waals surface area contributed by atoms with Crippen LogP contribution in [0.3, 0.4) is 0 Å². The van der Waals surface area contributed by atoms with Gasteiger partial charge >= 0.3 is 51.4 Å². The number of carbonyl (C=O) groups excluding carboxylic acids is 1. The van der Waals surface area contributed by atoms with Crippen LogP contribution in [0.1, 0.15) is 10.4 Å². The van der Waals surface area contributed by atoms with E-state index in [1.54, 1.807) is 32.3 Å². The summed E-state index contributed by atoms with van der Waals surface area (Å²) in [5, 5.41) is 19.6. The first-order chi connectivity index (χ1) is 6.61. The molecule has 0 saturated heterocycles. The Morgan fingerprint density at radius 3 is 2.47 bits per heavy atom. The predicted molar refractivity (Wildman–Crippen MR) is 49.0 cm³/mol. The van der Waals surface area contributed by atoms with Gasteiger partial charge in [-0.25, -0.2) is 0 Å². The summed E-state index contributed by atoms with van der Waals surface area (Å²) in [6, 6.07) is 6.30. The van der Waals surface area contributed by atoms with Crippen molar-refractivity contribution < 1.29 is 61.3 Å². The molecule has 0 amide bonds. The summed E-state index contributed by atoms with van der Waals surface area (Å²) in [7, 11) is 3.40. The van der Waals surface area contributed by atoms with E-state index in [-0.39, 0.29) is 56.9 Å². The van der Waals surface area contributed by atoms with Gasteiger partial charge in [-0.2, -0.15) is 0 Å². The SMILES string of the molecule is CN(C)N=Nc1ccccc1C(=O)[O-].[K+]. The molecule has 0 fully saturated rings. The monoisotopic (exact) mass is 231 g/mol. The molecule has 6 heteroatoms. The Morgan fingerprint density at radius 1 is 1.33 bits per heavy atom. The van der Waals surface area contributed by atoms with Gasteiger partial charge in [0.1, 0.15) is 0 Å². The number of aromatic carboxylic acids is 1. The Balaban J connectivity index is 0.00000196. The molecule has 0 bridgehead atoms. The van der Waals surface area contributed by atoms with Gasteiger partial charge < -0.3 is 9.90 Å². The van der Waals surface area contributed by atoms with Gasteiger partial charge in [0.2, 0.25) is 0 Å². The number of hydrogen-bond donors (Lipinski definition) is 0. The van der Waals surface area contributed by atoms with Crippen molar-refractivity contribution in [3.63, 3.8) is 0 Å². The maximum atomic E-state index is 10.6. The van der Waals surface area contributed by atoms with E-state index in [2.05, 4.69) is 10.3 Å². The van der Waals surface area contributed by atoms with Gasteiger partial charge in [0.05, 0.1) is 11.7 Å². The third-order valence-electron chi connectivity index (χ3n) is 1.46. The normalized spacial score (nSPS) is 9.73. The summed E-state index contributed by atoms with van der Waals surface area (Å²) >= 11 is 0. The molecule has 0 saturated carbocycles. The summed E-state index contributed by atoms with van der Waals surface area (Å²) in [5.41, 5.74) is 0.333. The molecule has 0 N–H and O–H groups in total. The Labute approximate surface area is 131 Å². The average molecular weight is 231 g/mol. The molecule has 74 valence electrons. The van der Waals surface area contributed by atoms with E-state index in [1.165, 1.54) is 11.1 Å². The van der Waals surface area contributed by atoms with Crippen LogP contribution in [0.25, 0.3) is 0 Å². The van der Waals surface area contributed by atoms with Gasteiger partial charge in [-0.1, -0.05) is 23.4 Å². The zero-order valence-corrected chi connectivity index (χ0v) is 12.1. The average Bonchev–Trinajstić information content (AvgIpc) is 2.15. The van der Waals surface area contributed by atoms with Crippen LogP contribution >= 0.6 is 0 Å². The third-order valence-corrected chi connectivity index (χ3v) is 1.46. The summed E-state index contributed by atoms with van der Waals surface area (Å²) in [6.45, 7) is 0. The van der Waals surface area contributed by atoms with Crippen LogP contribution in [0.15, 0.2) is 34.6 Å². The second-order valence-corrected chi connectivity index (χ2v) is 2.84. The van der Waals surface area contributed by atoms with Crippen molar-refractivity contribution in [2.24, 2.45) is 10.3 Å². The van der Waals surface area contributed by atoms with Crippen molar-refractivity contribution in [1.82, 2.24) is 5.01 Å². The van der Waals surface area contributed by atoms with Crippen molar-refractivity contribution >= 4 is 11.7 Å². The van der Waals surface area contributed by atoms with Crippen LogP contribution in [0.4, 0.5) is 5.69 Å². The number of carbonyl (C=O) groups is 1. The van der Waals surface area contributed by atoms with Gasteiger partial charge in [0, 0.05) is 19.7 Å². The maximum Gasteiger partial charge on any atom is 1.00 e. The summed E-state index contributed by atoms with van der Waals surface area (Å²) in [5.74, 6) is -1.25.